The Hall–Kier alpha value is -0.870. The molecular weight excluding hydrogens is 292 g/mol. The Labute approximate surface area is 129 Å². The number of thioether (sulfide) groups is 1. The number of halogens is 1. The molecule has 0 saturated carbocycles. The molecule has 2 rings (SSSR count). The predicted molar refractivity (Wildman–Crippen MR) is 88.1 cm³/mol. The summed E-state index contributed by atoms with van der Waals surface area (Å²) in [6.45, 7) is 5.15. The van der Waals surface area contributed by atoms with E-state index in [4.69, 9.17) is 21.3 Å². The van der Waals surface area contributed by atoms with Gasteiger partial charge in [0.05, 0.1) is 18.0 Å². The molecule has 0 amide bonds. The van der Waals surface area contributed by atoms with Crippen LogP contribution >= 0.6 is 23.4 Å². The van der Waals surface area contributed by atoms with Gasteiger partial charge in [0, 0.05) is 6.54 Å². The highest BCUT2D eigenvalue weighted by atomic mass is 35.5. The number of nitrogens with zero attached hydrogens (tertiary/aromatic N) is 2. The van der Waals surface area contributed by atoms with E-state index in [1.165, 1.54) is 0 Å². The third-order valence-electron chi connectivity index (χ3n) is 3.29. The summed E-state index contributed by atoms with van der Waals surface area (Å²) in [5.74, 6) is 3.42. The molecule has 0 spiro atoms. The molecule has 0 aliphatic rings. The Morgan fingerprint density at radius 1 is 1.40 bits per heavy atom. The van der Waals surface area contributed by atoms with Crippen LogP contribution < -0.4 is 4.74 Å². The highest BCUT2D eigenvalue weighted by Gasteiger charge is 2.18. The summed E-state index contributed by atoms with van der Waals surface area (Å²) in [5, 5.41) is -0.117. The molecule has 5 heteroatoms. The van der Waals surface area contributed by atoms with Crippen LogP contribution in [0.5, 0.6) is 5.75 Å². The average Bonchev–Trinajstić information content (AvgIpc) is 2.78. The van der Waals surface area contributed by atoms with E-state index in [-0.39, 0.29) is 5.38 Å². The number of alkyl halides is 1. The largest absolute Gasteiger partial charge is 0.494 e. The van der Waals surface area contributed by atoms with Crippen molar-refractivity contribution in [1.82, 2.24) is 9.55 Å². The number of imidazole rings is 1. The van der Waals surface area contributed by atoms with Gasteiger partial charge >= 0.3 is 0 Å². The number of ether oxygens (including phenoxy) is 1. The molecule has 1 heterocycles. The van der Waals surface area contributed by atoms with Gasteiger partial charge in [0.15, 0.2) is 0 Å². The summed E-state index contributed by atoms with van der Waals surface area (Å²) in [5.41, 5.74) is 1.99. The van der Waals surface area contributed by atoms with Gasteiger partial charge in [-0.1, -0.05) is 13.0 Å². The number of methoxy groups -OCH3 is 1. The van der Waals surface area contributed by atoms with Crippen LogP contribution in [0.1, 0.15) is 25.0 Å². The summed E-state index contributed by atoms with van der Waals surface area (Å²) in [4.78, 5) is 4.70. The maximum atomic E-state index is 6.31. The number of hydrogen-bond donors (Lipinski definition) is 0. The lowest BCUT2D eigenvalue weighted by molar-refractivity contribution is 0.419. The van der Waals surface area contributed by atoms with Crippen LogP contribution in [0.2, 0.25) is 0 Å². The lowest BCUT2D eigenvalue weighted by atomic mass is 10.2. The van der Waals surface area contributed by atoms with Gasteiger partial charge in [0.2, 0.25) is 0 Å². The first-order valence-corrected chi connectivity index (χ1v) is 8.57. The summed E-state index contributed by atoms with van der Waals surface area (Å²) in [7, 11) is 1.67. The zero-order valence-electron chi connectivity index (χ0n) is 12.4. The molecule has 2 unspecified atom stereocenters. The van der Waals surface area contributed by atoms with Gasteiger partial charge in [-0.05, 0) is 37.0 Å². The molecule has 0 bridgehead atoms. The van der Waals surface area contributed by atoms with Gasteiger partial charge in [0.1, 0.15) is 17.1 Å². The van der Waals surface area contributed by atoms with Gasteiger partial charge in [-0.25, -0.2) is 4.98 Å². The van der Waals surface area contributed by atoms with E-state index >= 15 is 0 Å². The molecule has 0 radical (unpaired) electrons. The number of fused-ring (bicyclic) bond motifs is 1. The van der Waals surface area contributed by atoms with Crippen molar-refractivity contribution < 1.29 is 4.74 Å². The van der Waals surface area contributed by atoms with Crippen LogP contribution in [0.15, 0.2) is 18.2 Å². The fourth-order valence-corrected chi connectivity index (χ4v) is 3.29. The van der Waals surface area contributed by atoms with E-state index < -0.39 is 0 Å². The summed E-state index contributed by atoms with van der Waals surface area (Å²) >= 11 is 8.17. The maximum Gasteiger partial charge on any atom is 0.146 e. The highest BCUT2D eigenvalue weighted by Crippen LogP contribution is 2.30. The van der Waals surface area contributed by atoms with Crippen LogP contribution in [0.25, 0.3) is 11.0 Å². The van der Waals surface area contributed by atoms with Crippen molar-refractivity contribution in [3.63, 3.8) is 0 Å². The predicted octanol–water partition coefficient (Wildman–Crippen LogP) is 4.34. The highest BCUT2D eigenvalue weighted by molar-refractivity contribution is 7.98. The van der Waals surface area contributed by atoms with E-state index in [0.29, 0.717) is 5.92 Å². The quantitative estimate of drug-likeness (QED) is 0.742. The van der Waals surface area contributed by atoms with Crippen LogP contribution in [-0.2, 0) is 6.54 Å². The zero-order valence-corrected chi connectivity index (χ0v) is 14.0. The minimum absolute atomic E-state index is 0.117. The number of hydrogen-bond acceptors (Lipinski definition) is 3. The van der Waals surface area contributed by atoms with Crippen molar-refractivity contribution in [2.75, 3.05) is 19.1 Å². The van der Waals surface area contributed by atoms with Gasteiger partial charge in [-0.15, -0.1) is 11.6 Å². The Kier molecular flexibility index (Phi) is 5.22. The first-order chi connectivity index (χ1) is 9.58. The first kappa shape index (κ1) is 15.5. The maximum absolute atomic E-state index is 6.31. The van der Waals surface area contributed by atoms with Crippen LogP contribution in [-0.4, -0.2) is 28.7 Å². The second-order valence-electron chi connectivity index (χ2n) is 5.09. The molecule has 3 nitrogen and oxygen atoms in total. The third-order valence-corrected chi connectivity index (χ3v) is 4.39. The molecule has 0 fully saturated rings. The molecule has 1 aromatic carbocycles. The molecule has 0 N–H and O–H groups in total. The molecule has 110 valence electrons. The minimum atomic E-state index is -0.117. The van der Waals surface area contributed by atoms with Crippen molar-refractivity contribution in [3.05, 3.63) is 24.0 Å². The average molecular weight is 313 g/mol. The molecule has 1 aromatic heterocycles. The normalized spacial score (nSPS) is 14.4. The van der Waals surface area contributed by atoms with Crippen molar-refractivity contribution >= 4 is 34.4 Å². The third kappa shape index (κ3) is 3.07. The SMILES string of the molecule is COc1cccc2c1nc(C(C)Cl)n2CC(C)CSC. The number of aromatic nitrogens is 2. The molecule has 0 saturated heterocycles. The number of rotatable bonds is 6. The molecule has 0 aliphatic heterocycles. The van der Waals surface area contributed by atoms with Crippen LogP contribution in [0, 0.1) is 5.92 Å². The van der Waals surface area contributed by atoms with E-state index in [2.05, 4.69) is 23.8 Å². The van der Waals surface area contributed by atoms with E-state index in [1.54, 1.807) is 7.11 Å². The Bertz CT molecular complexity index is 583. The van der Waals surface area contributed by atoms with E-state index in [1.807, 2.05) is 30.8 Å². The Balaban J connectivity index is 2.52. The summed E-state index contributed by atoms with van der Waals surface area (Å²) < 4.78 is 7.64. The minimum Gasteiger partial charge on any atom is -0.494 e. The second kappa shape index (κ2) is 6.72. The van der Waals surface area contributed by atoms with Gasteiger partial charge in [0.25, 0.3) is 0 Å². The topological polar surface area (TPSA) is 27.1 Å². The Morgan fingerprint density at radius 3 is 2.75 bits per heavy atom. The van der Waals surface area contributed by atoms with Gasteiger partial charge in [-0.3, -0.25) is 0 Å². The molecule has 2 aromatic rings. The number of benzene rings is 1. The lowest BCUT2D eigenvalue weighted by Crippen LogP contribution is -2.13. The molecule has 20 heavy (non-hydrogen) atoms. The van der Waals surface area contributed by atoms with Crippen molar-refractivity contribution in [2.24, 2.45) is 5.92 Å². The smallest absolute Gasteiger partial charge is 0.146 e. The monoisotopic (exact) mass is 312 g/mol. The zero-order chi connectivity index (χ0) is 14.7. The van der Waals surface area contributed by atoms with Crippen LogP contribution in [0.3, 0.4) is 0 Å². The summed E-state index contributed by atoms with van der Waals surface area (Å²) in [6, 6.07) is 6.02. The number of para-hydroxylation sites is 1. The first-order valence-electron chi connectivity index (χ1n) is 6.74. The Morgan fingerprint density at radius 2 is 2.15 bits per heavy atom. The molecule has 0 aliphatic carbocycles. The van der Waals surface area contributed by atoms with Gasteiger partial charge < -0.3 is 9.30 Å². The lowest BCUT2D eigenvalue weighted by Gasteiger charge is -2.15. The van der Waals surface area contributed by atoms with Crippen LogP contribution in [0.4, 0.5) is 0 Å². The van der Waals surface area contributed by atoms with Crippen molar-refractivity contribution in [3.8, 4) is 5.75 Å². The second-order valence-corrected chi connectivity index (χ2v) is 6.65. The van der Waals surface area contributed by atoms with Gasteiger partial charge in [-0.2, -0.15) is 11.8 Å². The molecular formula is C15H21ClN2OS. The summed E-state index contributed by atoms with van der Waals surface area (Å²) in [6.07, 6.45) is 2.14. The van der Waals surface area contributed by atoms with Crippen molar-refractivity contribution in [2.45, 2.75) is 25.8 Å². The standard InChI is InChI=1S/C15H21ClN2OS/c1-10(9-20-4)8-18-12-6-5-7-13(19-3)14(12)17-15(18)11(2)16/h5-7,10-11H,8-9H2,1-4H3. The van der Waals surface area contributed by atoms with E-state index in [9.17, 15) is 0 Å². The fraction of sp³-hybridized carbons (Fsp3) is 0.533. The molecule has 2 atom stereocenters. The fourth-order valence-electron chi connectivity index (χ4n) is 2.45. The van der Waals surface area contributed by atoms with E-state index in [0.717, 1.165) is 34.9 Å². The van der Waals surface area contributed by atoms with Crippen molar-refractivity contribution in [1.29, 1.82) is 0 Å².